The van der Waals surface area contributed by atoms with E-state index < -0.39 is 0 Å². The van der Waals surface area contributed by atoms with Gasteiger partial charge in [-0.05, 0) is 83.6 Å². The fourth-order valence-corrected chi connectivity index (χ4v) is 8.42. The number of para-hydroxylation sites is 4. The Balaban J connectivity index is 1.27. The summed E-state index contributed by atoms with van der Waals surface area (Å²) in [4.78, 5) is 0. The van der Waals surface area contributed by atoms with E-state index in [-0.39, 0.29) is 0 Å². The molecule has 8 aromatic carbocycles. The molecule has 0 amide bonds. The zero-order valence-electron chi connectivity index (χ0n) is 26.6. The van der Waals surface area contributed by atoms with E-state index in [1.807, 2.05) is 0 Å². The van der Waals surface area contributed by atoms with E-state index in [2.05, 4.69) is 190 Å². The Morgan fingerprint density at radius 3 is 1.29 bits per heavy atom. The van der Waals surface area contributed by atoms with Gasteiger partial charge in [0.1, 0.15) is 0 Å². The fourth-order valence-electron chi connectivity index (χ4n) is 8.42. The van der Waals surface area contributed by atoms with Crippen molar-refractivity contribution in [1.29, 1.82) is 0 Å². The maximum Gasteiger partial charge on any atom is 0.0548 e. The number of aromatic nitrogens is 3. The van der Waals surface area contributed by atoms with Crippen LogP contribution >= 0.6 is 0 Å². The molecule has 0 aliphatic heterocycles. The SMILES string of the molecule is c1ccc(-n2c3ccc(-n4c5ccccc5c5c6c7ccccc7n(-c7ccccc7)c6ccc54)cc3c3c4ccccc4ccc32)cc1. The maximum absolute atomic E-state index is 2.47. The molecule has 0 bridgehead atoms. The van der Waals surface area contributed by atoms with Gasteiger partial charge in [-0.3, -0.25) is 0 Å². The van der Waals surface area contributed by atoms with Gasteiger partial charge in [0, 0.05) is 49.4 Å². The lowest BCUT2D eigenvalue weighted by molar-refractivity contribution is 1.16. The number of fused-ring (bicyclic) bond motifs is 12. The second-order valence-electron chi connectivity index (χ2n) is 12.9. The number of benzene rings is 8. The van der Waals surface area contributed by atoms with Gasteiger partial charge >= 0.3 is 0 Å². The van der Waals surface area contributed by atoms with Crippen molar-refractivity contribution in [1.82, 2.24) is 13.7 Å². The molecule has 0 saturated carbocycles. The largest absolute Gasteiger partial charge is 0.309 e. The second kappa shape index (κ2) is 9.96. The summed E-state index contributed by atoms with van der Waals surface area (Å²) in [6, 6.07) is 64.1. The van der Waals surface area contributed by atoms with Crippen LogP contribution < -0.4 is 0 Å². The molecular formula is C46H29N3. The quantitative estimate of drug-likeness (QED) is 0.186. The van der Waals surface area contributed by atoms with Crippen LogP contribution in [0.4, 0.5) is 0 Å². The van der Waals surface area contributed by atoms with Crippen molar-refractivity contribution >= 4 is 76.2 Å². The highest BCUT2D eigenvalue weighted by Crippen LogP contribution is 2.43. The van der Waals surface area contributed by atoms with Gasteiger partial charge in [0.2, 0.25) is 0 Å². The lowest BCUT2D eigenvalue weighted by atomic mass is 10.0. The first-order chi connectivity index (χ1) is 24.3. The van der Waals surface area contributed by atoms with Crippen LogP contribution in [0.5, 0.6) is 0 Å². The molecule has 3 heteroatoms. The molecule has 0 fully saturated rings. The third-order valence-electron chi connectivity index (χ3n) is 10.4. The summed E-state index contributed by atoms with van der Waals surface area (Å²) in [5.74, 6) is 0. The van der Waals surface area contributed by atoms with Crippen LogP contribution in [0, 0.1) is 0 Å². The molecule has 0 saturated heterocycles. The molecule has 3 nitrogen and oxygen atoms in total. The summed E-state index contributed by atoms with van der Waals surface area (Å²) < 4.78 is 7.29. The average Bonchev–Trinajstić information content (AvgIpc) is 3.81. The van der Waals surface area contributed by atoms with E-state index >= 15 is 0 Å². The zero-order chi connectivity index (χ0) is 32.1. The van der Waals surface area contributed by atoms with Crippen molar-refractivity contribution in [3.63, 3.8) is 0 Å². The highest BCUT2D eigenvalue weighted by atomic mass is 15.0. The molecule has 0 radical (unpaired) electrons. The van der Waals surface area contributed by atoms with E-state index in [0.717, 1.165) is 5.69 Å². The summed E-state index contributed by atoms with van der Waals surface area (Å²) in [7, 11) is 0. The first-order valence-electron chi connectivity index (χ1n) is 16.9. The predicted octanol–water partition coefficient (Wildman–Crippen LogP) is 12.1. The molecule has 3 heterocycles. The number of hydrogen-bond donors (Lipinski definition) is 0. The minimum absolute atomic E-state index is 1.16. The van der Waals surface area contributed by atoms with E-state index in [1.54, 1.807) is 0 Å². The fraction of sp³-hybridized carbons (Fsp3) is 0. The predicted molar refractivity (Wildman–Crippen MR) is 207 cm³/mol. The van der Waals surface area contributed by atoms with Crippen molar-refractivity contribution in [3.8, 4) is 17.1 Å². The van der Waals surface area contributed by atoms with E-state index in [4.69, 9.17) is 0 Å². The summed E-state index contributed by atoms with van der Waals surface area (Å²) in [6.45, 7) is 0. The lowest BCUT2D eigenvalue weighted by Gasteiger charge is -2.11. The molecule has 0 unspecified atom stereocenters. The average molecular weight is 624 g/mol. The van der Waals surface area contributed by atoms with Crippen molar-refractivity contribution in [3.05, 3.63) is 176 Å². The van der Waals surface area contributed by atoms with Crippen LogP contribution in [0.3, 0.4) is 0 Å². The smallest absolute Gasteiger partial charge is 0.0548 e. The van der Waals surface area contributed by atoms with Crippen LogP contribution in [0.2, 0.25) is 0 Å². The van der Waals surface area contributed by atoms with Crippen molar-refractivity contribution in [2.45, 2.75) is 0 Å². The molecule has 228 valence electrons. The number of hydrogen-bond acceptors (Lipinski definition) is 0. The van der Waals surface area contributed by atoms with Gasteiger partial charge in [0.25, 0.3) is 0 Å². The van der Waals surface area contributed by atoms with Gasteiger partial charge in [0.05, 0.1) is 33.1 Å². The Hall–Kier alpha value is -6.58. The van der Waals surface area contributed by atoms with Crippen LogP contribution in [-0.2, 0) is 0 Å². The lowest BCUT2D eigenvalue weighted by Crippen LogP contribution is -1.96. The van der Waals surface area contributed by atoms with Crippen molar-refractivity contribution in [2.75, 3.05) is 0 Å². The van der Waals surface area contributed by atoms with Gasteiger partial charge < -0.3 is 13.7 Å². The monoisotopic (exact) mass is 623 g/mol. The van der Waals surface area contributed by atoms with Crippen molar-refractivity contribution in [2.24, 2.45) is 0 Å². The molecule has 0 spiro atoms. The Morgan fingerprint density at radius 1 is 0.245 bits per heavy atom. The van der Waals surface area contributed by atoms with Gasteiger partial charge in [-0.1, -0.05) is 103 Å². The summed E-state index contributed by atoms with van der Waals surface area (Å²) in [6.07, 6.45) is 0. The zero-order valence-corrected chi connectivity index (χ0v) is 26.6. The maximum atomic E-state index is 2.47. The molecule has 49 heavy (non-hydrogen) atoms. The summed E-state index contributed by atoms with van der Waals surface area (Å²) in [5, 5.41) is 10.2. The van der Waals surface area contributed by atoms with Crippen LogP contribution in [-0.4, -0.2) is 13.7 Å². The van der Waals surface area contributed by atoms with E-state index in [1.165, 1.54) is 87.6 Å². The standard InChI is InChI=1S/C46H29N3/c1-3-14-31(15-4-1)47-38-21-11-9-19-35(38)45-42(47)27-28-43-46(45)36-20-10-12-22-39(36)49(43)33-24-26-40-37(29-33)44-34-18-8-7-13-30(34)23-25-41(44)48(40)32-16-5-2-6-17-32/h1-29H. The molecule has 11 aromatic rings. The highest BCUT2D eigenvalue weighted by Gasteiger charge is 2.21. The Morgan fingerprint density at radius 2 is 0.673 bits per heavy atom. The molecular weight excluding hydrogens is 595 g/mol. The minimum atomic E-state index is 1.16. The van der Waals surface area contributed by atoms with Gasteiger partial charge in [-0.15, -0.1) is 0 Å². The Labute approximate surface area is 282 Å². The normalized spacial score (nSPS) is 12.1. The first kappa shape index (κ1) is 26.5. The Bertz CT molecular complexity index is 3090. The van der Waals surface area contributed by atoms with Gasteiger partial charge in [-0.25, -0.2) is 0 Å². The third-order valence-corrected chi connectivity index (χ3v) is 10.4. The molecule has 11 rings (SSSR count). The van der Waals surface area contributed by atoms with E-state index in [9.17, 15) is 0 Å². The second-order valence-corrected chi connectivity index (χ2v) is 12.9. The minimum Gasteiger partial charge on any atom is -0.309 e. The topological polar surface area (TPSA) is 14.8 Å². The van der Waals surface area contributed by atoms with Gasteiger partial charge in [-0.2, -0.15) is 0 Å². The molecule has 0 aliphatic rings. The van der Waals surface area contributed by atoms with Crippen molar-refractivity contribution < 1.29 is 0 Å². The molecule has 3 aromatic heterocycles. The number of rotatable bonds is 3. The summed E-state index contributed by atoms with van der Waals surface area (Å²) in [5.41, 5.74) is 10.8. The van der Waals surface area contributed by atoms with Crippen LogP contribution in [0.1, 0.15) is 0 Å². The summed E-state index contributed by atoms with van der Waals surface area (Å²) >= 11 is 0. The highest BCUT2D eigenvalue weighted by molar-refractivity contribution is 6.29. The van der Waals surface area contributed by atoms with Crippen LogP contribution in [0.25, 0.3) is 93.3 Å². The number of nitrogens with zero attached hydrogens (tertiary/aromatic N) is 3. The molecule has 0 N–H and O–H groups in total. The molecule has 0 atom stereocenters. The Kier molecular flexibility index (Phi) is 5.38. The third kappa shape index (κ3) is 3.62. The molecule has 0 aliphatic carbocycles. The van der Waals surface area contributed by atoms with Gasteiger partial charge in [0.15, 0.2) is 0 Å². The first-order valence-corrected chi connectivity index (χ1v) is 16.9. The van der Waals surface area contributed by atoms with Crippen LogP contribution in [0.15, 0.2) is 176 Å². The van der Waals surface area contributed by atoms with E-state index in [0.29, 0.717) is 0 Å².